The Balaban J connectivity index is 1.70. The van der Waals surface area contributed by atoms with E-state index in [9.17, 15) is 9.50 Å². The largest absolute Gasteiger partial charge is 0.388 e. The first kappa shape index (κ1) is 14.3. The average Bonchev–Trinajstić information content (AvgIpc) is 3.08. The number of aryl methyl sites for hydroxylation is 1. The predicted molar refractivity (Wildman–Crippen MR) is 79.5 cm³/mol. The minimum Gasteiger partial charge on any atom is -0.388 e. The van der Waals surface area contributed by atoms with Gasteiger partial charge in [0.15, 0.2) is 0 Å². The molecule has 1 unspecified atom stereocenters. The van der Waals surface area contributed by atoms with Crippen molar-refractivity contribution < 1.29 is 9.50 Å². The summed E-state index contributed by atoms with van der Waals surface area (Å²) in [6, 6.07) is 7.35. The van der Waals surface area contributed by atoms with Crippen LogP contribution in [0.1, 0.15) is 54.6 Å². The van der Waals surface area contributed by atoms with Crippen LogP contribution in [0.5, 0.6) is 0 Å². The number of rotatable bonds is 4. The number of benzene rings is 1. The predicted octanol–water partition coefficient (Wildman–Crippen LogP) is 3.72. The summed E-state index contributed by atoms with van der Waals surface area (Å²) in [5.41, 5.74) is 2.01. The third-order valence-corrected chi connectivity index (χ3v) is 4.28. The lowest BCUT2D eigenvalue weighted by Gasteiger charge is -2.12. The fraction of sp³-hybridized carbons (Fsp3) is 0.471. The quantitative estimate of drug-likeness (QED) is 0.931. The third kappa shape index (κ3) is 3.16. The van der Waals surface area contributed by atoms with Crippen LogP contribution in [0.25, 0.3) is 0 Å². The first-order valence-corrected chi connectivity index (χ1v) is 7.61. The van der Waals surface area contributed by atoms with Crippen LogP contribution in [-0.4, -0.2) is 14.9 Å². The molecule has 1 fully saturated rings. The SMILES string of the molecule is Cc1ccc(C(O)Cc2ccn(C3CCCC3)n2)c(F)c1. The molecule has 1 aliphatic rings. The molecule has 0 radical (unpaired) electrons. The number of aliphatic hydroxyl groups excluding tert-OH is 1. The molecule has 0 aliphatic heterocycles. The van der Waals surface area contributed by atoms with Gasteiger partial charge in [-0.3, -0.25) is 4.68 Å². The summed E-state index contributed by atoms with van der Waals surface area (Å²) in [4.78, 5) is 0. The Kier molecular flexibility index (Phi) is 4.06. The van der Waals surface area contributed by atoms with E-state index >= 15 is 0 Å². The molecule has 1 aliphatic carbocycles. The molecule has 1 atom stereocenters. The van der Waals surface area contributed by atoms with Crippen LogP contribution in [0.15, 0.2) is 30.5 Å². The molecular formula is C17H21FN2O. The van der Waals surface area contributed by atoms with E-state index in [1.165, 1.54) is 31.7 Å². The Labute approximate surface area is 124 Å². The normalized spacial score (nSPS) is 17.3. The number of hydrogen-bond donors (Lipinski definition) is 1. The Morgan fingerprint density at radius 1 is 1.33 bits per heavy atom. The van der Waals surface area contributed by atoms with Crippen LogP contribution in [0.2, 0.25) is 0 Å². The molecule has 112 valence electrons. The van der Waals surface area contributed by atoms with Crippen LogP contribution in [0, 0.1) is 12.7 Å². The highest BCUT2D eigenvalue weighted by molar-refractivity contribution is 5.26. The van der Waals surface area contributed by atoms with Gasteiger partial charge in [-0.1, -0.05) is 25.0 Å². The second-order valence-electron chi connectivity index (χ2n) is 5.97. The molecule has 1 aromatic carbocycles. The first-order valence-electron chi connectivity index (χ1n) is 7.61. The number of aromatic nitrogens is 2. The molecule has 21 heavy (non-hydrogen) atoms. The highest BCUT2D eigenvalue weighted by atomic mass is 19.1. The molecule has 3 nitrogen and oxygen atoms in total. The first-order chi connectivity index (χ1) is 10.1. The minimum atomic E-state index is -0.850. The van der Waals surface area contributed by atoms with Gasteiger partial charge in [-0.05, 0) is 37.5 Å². The van der Waals surface area contributed by atoms with Crippen LogP contribution in [0.4, 0.5) is 4.39 Å². The van der Waals surface area contributed by atoms with Crippen molar-refractivity contribution in [2.45, 2.75) is 51.2 Å². The molecular weight excluding hydrogens is 267 g/mol. The van der Waals surface area contributed by atoms with Crippen molar-refractivity contribution in [1.82, 2.24) is 9.78 Å². The zero-order valence-electron chi connectivity index (χ0n) is 12.3. The maximum absolute atomic E-state index is 13.9. The fourth-order valence-electron chi connectivity index (χ4n) is 3.07. The maximum Gasteiger partial charge on any atom is 0.129 e. The summed E-state index contributed by atoms with van der Waals surface area (Å²) in [6.07, 6.45) is 6.35. The topological polar surface area (TPSA) is 38.0 Å². The average molecular weight is 288 g/mol. The van der Waals surface area contributed by atoms with E-state index in [2.05, 4.69) is 5.10 Å². The molecule has 1 saturated carbocycles. The summed E-state index contributed by atoms with van der Waals surface area (Å²) in [5, 5.41) is 14.8. The number of aliphatic hydroxyl groups is 1. The standard InChI is InChI=1S/C17H21FN2O/c1-12-6-7-15(16(18)10-12)17(21)11-13-8-9-20(19-13)14-4-2-3-5-14/h6-10,14,17,21H,2-5,11H2,1H3. The lowest BCUT2D eigenvalue weighted by molar-refractivity contribution is 0.172. The second kappa shape index (κ2) is 5.98. The van der Waals surface area contributed by atoms with Crippen molar-refractivity contribution in [3.63, 3.8) is 0 Å². The van der Waals surface area contributed by atoms with Gasteiger partial charge in [0.1, 0.15) is 5.82 Å². The van der Waals surface area contributed by atoms with Crippen LogP contribution in [0.3, 0.4) is 0 Å². The fourth-order valence-corrected chi connectivity index (χ4v) is 3.07. The molecule has 0 bridgehead atoms. The Morgan fingerprint density at radius 2 is 2.10 bits per heavy atom. The number of halogens is 1. The monoisotopic (exact) mass is 288 g/mol. The van der Waals surface area contributed by atoms with Gasteiger partial charge in [0, 0.05) is 18.2 Å². The highest BCUT2D eigenvalue weighted by Gasteiger charge is 2.19. The van der Waals surface area contributed by atoms with E-state index in [0.29, 0.717) is 18.0 Å². The zero-order valence-corrected chi connectivity index (χ0v) is 12.3. The van der Waals surface area contributed by atoms with E-state index in [1.807, 2.05) is 29.9 Å². The molecule has 1 N–H and O–H groups in total. The van der Waals surface area contributed by atoms with Gasteiger partial charge in [-0.25, -0.2) is 4.39 Å². The van der Waals surface area contributed by atoms with E-state index in [-0.39, 0.29) is 5.82 Å². The maximum atomic E-state index is 13.9. The Hall–Kier alpha value is -1.68. The molecule has 2 aromatic rings. The summed E-state index contributed by atoms with van der Waals surface area (Å²) < 4.78 is 15.9. The Bertz CT molecular complexity index is 617. The molecule has 0 amide bonds. The summed E-state index contributed by atoms with van der Waals surface area (Å²) in [7, 11) is 0. The van der Waals surface area contributed by atoms with E-state index in [4.69, 9.17) is 0 Å². The second-order valence-corrected chi connectivity index (χ2v) is 5.97. The van der Waals surface area contributed by atoms with Crippen LogP contribution in [-0.2, 0) is 6.42 Å². The third-order valence-electron chi connectivity index (χ3n) is 4.28. The van der Waals surface area contributed by atoms with Gasteiger partial charge < -0.3 is 5.11 Å². The van der Waals surface area contributed by atoms with Crippen molar-refractivity contribution in [1.29, 1.82) is 0 Å². The van der Waals surface area contributed by atoms with Gasteiger partial charge in [-0.2, -0.15) is 5.10 Å². The van der Waals surface area contributed by atoms with Gasteiger partial charge in [0.2, 0.25) is 0 Å². The lowest BCUT2D eigenvalue weighted by Crippen LogP contribution is -2.08. The highest BCUT2D eigenvalue weighted by Crippen LogP contribution is 2.29. The number of nitrogens with zero attached hydrogens (tertiary/aromatic N) is 2. The molecule has 0 spiro atoms. The van der Waals surface area contributed by atoms with Crippen molar-refractivity contribution in [3.05, 3.63) is 53.1 Å². The molecule has 4 heteroatoms. The van der Waals surface area contributed by atoms with Crippen LogP contribution < -0.4 is 0 Å². The van der Waals surface area contributed by atoms with Crippen molar-refractivity contribution >= 4 is 0 Å². The smallest absolute Gasteiger partial charge is 0.129 e. The molecule has 1 heterocycles. The van der Waals surface area contributed by atoms with E-state index in [1.54, 1.807) is 6.07 Å². The van der Waals surface area contributed by atoms with Crippen molar-refractivity contribution in [2.75, 3.05) is 0 Å². The summed E-state index contributed by atoms with van der Waals surface area (Å²) in [5.74, 6) is -0.349. The van der Waals surface area contributed by atoms with E-state index in [0.717, 1.165) is 11.3 Å². The molecule has 1 aromatic heterocycles. The van der Waals surface area contributed by atoms with Crippen molar-refractivity contribution in [2.24, 2.45) is 0 Å². The minimum absolute atomic E-state index is 0.344. The van der Waals surface area contributed by atoms with E-state index < -0.39 is 6.10 Å². The van der Waals surface area contributed by atoms with Crippen LogP contribution >= 0.6 is 0 Å². The lowest BCUT2D eigenvalue weighted by atomic mass is 10.0. The van der Waals surface area contributed by atoms with Crippen molar-refractivity contribution in [3.8, 4) is 0 Å². The van der Waals surface area contributed by atoms with Gasteiger partial charge >= 0.3 is 0 Å². The molecule has 0 saturated heterocycles. The van der Waals surface area contributed by atoms with Gasteiger partial charge in [-0.15, -0.1) is 0 Å². The Morgan fingerprint density at radius 3 is 2.81 bits per heavy atom. The van der Waals surface area contributed by atoms with Gasteiger partial charge in [0.05, 0.1) is 17.8 Å². The zero-order chi connectivity index (χ0) is 14.8. The molecule has 3 rings (SSSR count). The van der Waals surface area contributed by atoms with Gasteiger partial charge in [0.25, 0.3) is 0 Å². The summed E-state index contributed by atoms with van der Waals surface area (Å²) in [6.45, 7) is 1.84. The number of hydrogen-bond acceptors (Lipinski definition) is 2. The summed E-state index contributed by atoms with van der Waals surface area (Å²) >= 11 is 0.